The normalized spacial score (nSPS) is 14.2. The van der Waals surface area contributed by atoms with E-state index >= 15 is 0 Å². The third kappa shape index (κ3) is 2.25. The van der Waals surface area contributed by atoms with Gasteiger partial charge in [-0.05, 0) is 37.0 Å². The Labute approximate surface area is 133 Å². The van der Waals surface area contributed by atoms with E-state index in [1.165, 1.54) is 11.9 Å². The maximum Gasteiger partial charge on any atom is 0.275 e. The smallest absolute Gasteiger partial charge is 0.275 e. The van der Waals surface area contributed by atoms with Crippen LogP contribution in [0.5, 0.6) is 5.75 Å². The van der Waals surface area contributed by atoms with Crippen molar-refractivity contribution in [3.8, 4) is 11.4 Å². The average molecular weight is 307 g/mol. The molecule has 1 N–H and O–H groups in total. The molecule has 0 radical (unpaired) electrons. The van der Waals surface area contributed by atoms with Gasteiger partial charge in [-0.2, -0.15) is 0 Å². The van der Waals surface area contributed by atoms with Crippen LogP contribution in [-0.2, 0) is 0 Å². The largest absolute Gasteiger partial charge is 0.497 e. The van der Waals surface area contributed by atoms with Crippen LogP contribution in [0.15, 0.2) is 47.7 Å². The zero-order valence-corrected chi connectivity index (χ0v) is 12.9. The zero-order valence-electron chi connectivity index (χ0n) is 12.9. The number of aromatic amines is 1. The quantitative estimate of drug-likeness (QED) is 0.807. The summed E-state index contributed by atoms with van der Waals surface area (Å²) in [6.45, 7) is 0. The molecule has 3 aromatic rings. The number of hydrogen-bond acceptors (Lipinski definition) is 3. The number of aromatic nitrogens is 3. The molecule has 2 aromatic heterocycles. The number of benzene rings is 1. The minimum Gasteiger partial charge on any atom is -0.497 e. The van der Waals surface area contributed by atoms with Gasteiger partial charge in [0.2, 0.25) is 0 Å². The van der Waals surface area contributed by atoms with Crippen LogP contribution in [0.4, 0.5) is 0 Å². The fourth-order valence-electron chi connectivity index (χ4n) is 3.18. The van der Waals surface area contributed by atoms with Crippen LogP contribution in [0.2, 0.25) is 0 Å². The maximum atomic E-state index is 12.4. The molecular weight excluding hydrogens is 290 g/mol. The number of allylic oxidation sites excluding steroid dienone is 2. The Hall–Kier alpha value is -2.82. The first-order valence-electron chi connectivity index (χ1n) is 7.70. The molecule has 0 fully saturated rings. The summed E-state index contributed by atoms with van der Waals surface area (Å²) in [7, 11) is 1.63. The highest BCUT2D eigenvalue weighted by molar-refractivity contribution is 5.91. The second kappa shape index (κ2) is 5.43. The number of nitrogens with zero attached hydrogens (tertiary/aromatic N) is 2. The van der Waals surface area contributed by atoms with Crippen molar-refractivity contribution >= 4 is 16.6 Å². The lowest BCUT2D eigenvalue weighted by Crippen LogP contribution is -2.10. The van der Waals surface area contributed by atoms with E-state index in [4.69, 9.17) is 4.74 Å². The molecule has 2 heterocycles. The van der Waals surface area contributed by atoms with Crippen molar-refractivity contribution in [2.45, 2.75) is 19.3 Å². The molecule has 116 valence electrons. The predicted octanol–water partition coefficient (Wildman–Crippen LogP) is 3.29. The fourth-order valence-corrected chi connectivity index (χ4v) is 3.18. The van der Waals surface area contributed by atoms with E-state index in [9.17, 15) is 4.79 Å². The highest BCUT2D eigenvalue weighted by Crippen LogP contribution is 2.33. The van der Waals surface area contributed by atoms with Gasteiger partial charge in [-0.15, -0.1) is 0 Å². The fraction of sp³-hybridized carbons (Fsp3) is 0.222. The molecule has 0 aliphatic heterocycles. The Morgan fingerprint density at radius 2 is 2.26 bits per heavy atom. The van der Waals surface area contributed by atoms with E-state index in [2.05, 4.69) is 16.0 Å². The lowest BCUT2D eigenvalue weighted by atomic mass is 10.1. The van der Waals surface area contributed by atoms with Crippen LogP contribution in [0.3, 0.4) is 0 Å². The maximum absolute atomic E-state index is 12.4. The Morgan fingerprint density at radius 1 is 1.35 bits per heavy atom. The molecule has 5 nitrogen and oxygen atoms in total. The first-order chi connectivity index (χ1) is 11.3. The van der Waals surface area contributed by atoms with Gasteiger partial charge in [-0.3, -0.25) is 4.79 Å². The predicted molar refractivity (Wildman–Crippen MR) is 90.1 cm³/mol. The Balaban J connectivity index is 2.01. The SMILES string of the molecule is COc1cccc(-n2cc(C3=CCCC3)c3nc[nH]c(=O)c32)c1. The number of rotatable bonds is 3. The molecule has 0 bridgehead atoms. The van der Waals surface area contributed by atoms with Crippen molar-refractivity contribution < 1.29 is 4.74 Å². The first-order valence-corrected chi connectivity index (χ1v) is 7.70. The van der Waals surface area contributed by atoms with Crippen molar-refractivity contribution in [3.05, 3.63) is 58.8 Å². The molecule has 0 saturated heterocycles. The van der Waals surface area contributed by atoms with Gasteiger partial charge in [0.25, 0.3) is 5.56 Å². The lowest BCUT2D eigenvalue weighted by Gasteiger charge is -2.06. The van der Waals surface area contributed by atoms with Crippen LogP contribution < -0.4 is 10.3 Å². The molecule has 4 rings (SSSR count). The van der Waals surface area contributed by atoms with E-state index < -0.39 is 0 Å². The van der Waals surface area contributed by atoms with Crippen LogP contribution >= 0.6 is 0 Å². The average Bonchev–Trinajstić information content (AvgIpc) is 3.23. The Morgan fingerprint density at radius 3 is 3.04 bits per heavy atom. The van der Waals surface area contributed by atoms with Crippen molar-refractivity contribution in [2.24, 2.45) is 0 Å². The van der Waals surface area contributed by atoms with Gasteiger partial charge in [-0.25, -0.2) is 4.98 Å². The van der Waals surface area contributed by atoms with Crippen molar-refractivity contribution in [2.75, 3.05) is 7.11 Å². The first kappa shape index (κ1) is 13.8. The topological polar surface area (TPSA) is 59.9 Å². The van der Waals surface area contributed by atoms with E-state index in [1.54, 1.807) is 7.11 Å². The number of hydrogen-bond donors (Lipinski definition) is 1. The summed E-state index contributed by atoms with van der Waals surface area (Å²) in [6, 6.07) is 7.68. The van der Waals surface area contributed by atoms with Gasteiger partial charge in [0.15, 0.2) is 0 Å². The lowest BCUT2D eigenvalue weighted by molar-refractivity contribution is 0.414. The summed E-state index contributed by atoms with van der Waals surface area (Å²) in [5.74, 6) is 0.756. The van der Waals surface area contributed by atoms with Gasteiger partial charge in [0, 0.05) is 23.5 Å². The summed E-state index contributed by atoms with van der Waals surface area (Å²) >= 11 is 0. The number of nitrogens with one attached hydrogen (secondary N) is 1. The third-order valence-electron chi connectivity index (χ3n) is 4.30. The highest BCUT2D eigenvalue weighted by atomic mass is 16.5. The van der Waals surface area contributed by atoms with Crippen molar-refractivity contribution in [1.82, 2.24) is 14.5 Å². The van der Waals surface area contributed by atoms with Crippen LogP contribution in [0.1, 0.15) is 24.8 Å². The molecule has 1 aromatic carbocycles. The monoisotopic (exact) mass is 307 g/mol. The molecule has 5 heteroatoms. The molecule has 23 heavy (non-hydrogen) atoms. The summed E-state index contributed by atoms with van der Waals surface area (Å²) in [4.78, 5) is 19.5. The van der Waals surface area contributed by atoms with E-state index in [0.29, 0.717) is 5.52 Å². The third-order valence-corrected chi connectivity index (χ3v) is 4.30. The molecule has 0 amide bonds. The number of fused-ring (bicyclic) bond motifs is 1. The van der Waals surface area contributed by atoms with Gasteiger partial charge >= 0.3 is 0 Å². The highest BCUT2D eigenvalue weighted by Gasteiger charge is 2.18. The van der Waals surface area contributed by atoms with Crippen molar-refractivity contribution in [3.63, 3.8) is 0 Å². The second-order valence-electron chi connectivity index (χ2n) is 5.66. The zero-order chi connectivity index (χ0) is 15.8. The molecule has 0 atom stereocenters. The number of H-pyrrole nitrogens is 1. The van der Waals surface area contributed by atoms with E-state index in [0.717, 1.165) is 41.8 Å². The number of ether oxygens (including phenoxy) is 1. The summed E-state index contributed by atoms with van der Waals surface area (Å²) in [5.41, 5.74) is 4.40. The molecule has 0 spiro atoms. The Kier molecular flexibility index (Phi) is 3.26. The van der Waals surface area contributed by atoms with Gasteiger partial charge < -0.3 is 14.3 Å². The molecule has 1 aliphatic rings. The Bertz CT molecular complexity index is 966. The number of methoxy groups -OCH3 is 1. The van der Waals surface area contributed by atoms with Gasteiger partial charge in [0.05, 0.1) is 13.4 Å². The minimum atomic E-state index is -0.136. The molecule has 0 unspecified atom stereocenters. The molecule has 0 saturated carbocycles. The van der Waals surface area contributed by atoms with Crippen LogP contribution in [0, 0.1) is 0 Å². The van der Waals surface area contributed by atoms with Crippen LogP contribution in [0.25, 0.3) is 22.3 Å². The summed E-state index contributed by atoms with van der Waals surface area (Å²) in [5, 5.41) is 0. The van der Waals surface area contributed by atoms with Crippen molar-refractivity contribution in [1.29, 1.82) is 0 Å². The van der Waals surface area contributed by atoms with E-state index in [-0.39, 0.29) is 5.56 Å². The van der Waals surface area contributed by atoms with Crippen LogP contribution in [-0.4, -0.2) is 21.6 Å². The second-order valence-corrected chi connectivity index (χ2v) is 5.66. The minimum absolute atomic E-state index is 0.136. The molecule has 1 aliphatic carbocycles. The van der Waals surface area contributed by atoms with Gasteiger partial charge in [0.1, 0.15) is 16.8 Å². The standard InChI is InChI=1S/C18H17N3O2/c1-23-14-8-4-7-13(9-14)21-10-15(12-5-2-3-6-12)16-17(21)18(22)20-11-19-16/h4-5,7-11H,2-3,6H2,1H3,(H,19,20,22). The summed E-state index contributed by atoms with van der Waals surface area (Å²) < 4.78 is 7.20. The van der Waals surface area contributed by atoms with Gasteiger partial charge in [-0.1, -0.05) is 12.1 Å². The summed E-state index contributed by atoms with van der Waals surface area (Å²) in [6.07, 6.45) is 9.01. The van der Waals surface area contributed by atoms with E-state index in [1.807, 2.05) is 35.0 Å². The molecular formula is C18H17N3O2.